The molecule has 1 aliphatic heterocycles. The Hall–Kier alpha value is -1.59. The van der Waals surface area contributed by atoms with E-state index in [1.54, 1.807) is 7.11 Å². The second kappa shape index (κ2) is 9.27. The Morgan fingerprint density at radius 2 is 1.89 bits per heavy atom. The van der Waals surface area contributed by atoms with Crippen molar-refractivity contribution in [3.8, 4) is 0 Å². The lowest BCUT2D eigenvalue weighted by molar-refractivity contribution is -0.107. The summed E-state index contributed by atoms with van der Waals surface area (Å²) in [6, 6.07) is 10.2. The normalized spacial score (nSPS) is 21.6. The van der Waals surface area contributed by atoms with Gasteiger partial charge in [0.15, 0.2) is 0 Å². The van der Waals surface area contributed by atoms with Gasteiger partial charge in [-0.05, 0) is 57.9 Å². The van der Waals surface area contributed by atoms with Crippen LogP contribution in [0.2, 0.25) is 0 Å². The van der Waals surface area contributed by atoms with Crippen LogP contribution in [0.1, 0.15) is 64.4 Å². The van der Waals surface area contributed by atoms with Gasteiger partial charge >= 0.3 is 6.09 Å². The Kier molecular flexibility index (Phi) is 7.00. The van der Waals surface area contributed by atoms with Gasteiger partial charge < -0.3 is 14.2 Å². The molecular weight excluding hydrogens is 354 g/mol. The van der Waals surface area contributed by atoms with Gasteiger partial charge in [-0.15, -0.1) is 0 Å². The fraction of sp³-hybridized carbons (Fsp3) is 0.696. The number of amides is 1. The largest absolute Gasteiger partial charge is 0.446 e. The van der Waals surface area contributed by atoms with Crippen LogP contribution in [0.25, 0.3) is 0 Å². The van der Waals surface area contributed by atoms with Crippen molar-refractivity contribution in [3.63, 3.8) is 0 Å². The third-order valence-corrected chi connectivity index (χ3v) is 5.97. The molecule has 3 rings (SSSR count). The third-order valence-electron chi connectivity index (χ3n) is 5.97. The lowest BCUT2D eigenvalue weighted by Gasteiger charge is -2.43. The zero-order valence-corrected chi connectivity index (χ0v) is 17.6. The number of rotatable bonds is 7. The molecule has 1 amide bonds. The van der Waals surface area contributed by atoms with Gasteiger partial charge in [0, 0.05) is 20.1 Å². The first-order valence-electron chi connectivity index (χ1n) is 10.6. The van der Waals surface area contributed by atoms with Gasteiger partial charge in [-0.25, -0.2) is 4.79 Å². The first kappa shape index (κ1) is 21.1. The van der Waals surface area contributed by atoms with Crippen molar-refractivity contribution in [2.24, 2.45) is 0 Å². The molecule has 0 N–H and O–H groups in total. The van der Waals surface area contributed by atoms with Crippen LogP contribution in [0, 0.1) is 0 Å². The summed E-state index contributed by atoms with van der Waals surface area (Å²) in [4.78, 5) is 15.3. The van der Waals surface area contributed by atoms with E-state index in [1.165, 1.54) is 12.0 Å². The monoisotopic (exact) mass is 389 g/mol. The van der Waals surface area contributed by atoms with Crippen LogP contribution >= 0.6 is 0 Å². The molecule has 1 unspecified atom stereocenters. The fourth-order valence-corrected chi connectivity index (χ4v) is 4.61. The summed E-state index contributed by atoms with van der Waals surface area (Å²) in [5.41, 5.74) is 0.350. The average molecular weight is 390 g/mol. The SMILES string of the molecule is COCCCC(Cc1ccccc1)OC(=O)N1C(C)(C)COC12CCCCC2. The van der Waals surface area contributed by atoms with Gasteiger partial charge in [0.1, 0.15) is 11.8 Å². The lowest BCUT2D eigenvalue weighted by atomic mass is 9.89. The fourth-order valence-electron chi connectivity index (χ4n) is 4.61. The molecule has 0 bridgehead atoms. The number of hydrogen-bond donors (Lipinski definition) is 0. The van der Waals surface area contributed by atoms with Gasteiger partial charge in [0.05, 0.1) is 12.1 Å². The molecule has 1 saturated carbocycles. The van der Waals surface area contributed by atoms with Crippen molar-refractivity contribution in [2.75, 3.05) is 20.3 Å². The number of carbonyl (C=O) groups excluding carboxylic acids is 1. The van der Waals surface area contributed by atoms with Crippen molar-refractivity contribution in [1.29, 1.82) is 0 Å². The van der Waals surface area contributed by atoms with Crippen LogP contribution in [0.4, 0.5) is 4.79 Å². The van der Waals surface area contributed by atoms with Gasteiger partial charge in [-0.3, -0.25) is 4.90 Å². The smallest absolute Gasteiger partial charge is 0.412 e. The number of benzene rings is 1. The van der Waals surface area contributed by atoms with Crippen molar-refractivity contribution < 1.29 is 19.0 Å². The van der Waals surface area contributed by atoms with E-state index in [9.17, 15) is 4.79 Å². The second-order valence-electron chi connectivity index (χ2n) is 8.77. The van der Waals surface area contributed by atoms with Crippen LogP contribution in [0.3, 0.4) is 0 Å². The highest BCUT2D eigenvalue weighted by molar-refractivity contribution is 5.70. The van der Waals surface area contributed by atoms with Gasteiger partial charge in [-0.2, -0.15) is 0 Å². The molecule has 1 aromatic rings. The Bertz CT molecular complexity index is 625. The lowest BCUT2D eigenvalue weighted by Crippen LogP contribution is -2.57. The minimum atomic E-state index is -0.483. The molecule has 1 heterocycles. The standard InChI is InChI=1S/C23H35NO4/c1-22(2)18-27-23(14-8-5-9-15-23)24(22)21(25)28-20(13-10-16-26-3)17-19-11-6-4-7-12-19/h4,6-7,11-12,20H,5,8-10,13-18H2,1-3H3. The summed E-state index contributed by atoms with van der Waals surface area (Å²) in [5, 5.41) is 0. The molecular formula is C23H35NO4. The second-order valence-corrected chi connectivity index (χ2v) is 8.77. The number of ether oxygens (including phenoxy) is 3. The third kappa shape index (κ3) is 4.87. The molecule has 1 atom stereocenters. The topological polar surface area (TPSA) is 48.0 Å². The quantitative estimate of drug-likeness (QED) is 0.620. The highest BCUT2D eigenvalue weighted by atomic mass is 16.6. The molecule has 156 valence electrons. The summed E-state index contributed by atoms with van der Waals surface area (Å²) < 4.78 is 17.5. The van der Waals surface area contributed by atoms with E-state index in [0.29, 0.717) is 13.2 Å². The molecule has 28 heavy (non-hydrogen) atoms. The van der Waals surface area contributed by atoms with Crippen LogP contribution in [0.15, 0.2) is 30.3 Å². The summed E-state index contributed by atoms with van der Waals surface area (Å²) in [6.45, 7) is 5.39. The van der Waals surface area contributed by atoms with Gasteiger partial charge in [0.25, 0.3) is 0 Å². The first-order chi connectivity index (χ1) is 13.5. The van der Waals surface area contributed by atoms with E-state index < -0.39 is 5.72 Å². The molecule has 5 heteroatoms. The summed E-state index contributed by atoms with van der Waals surface area (Å²) in [6.07, 6.45) is 7.19. The minimum absolute atomic E-state index is 0.165. The highest BCUT2D eigenvalue weighted by Gasteiger charge is 2.55. The molecule has 0 aromatic heterocycles. The molecule has 2 aliphatic rings. The van der Waals surface area contributed by atoms with E-state index in [4.69, 9.17) is 14.2 Å². The van der Waals surface area contributed by atoms with Crippen molar-refractivity contribution >= 4 is 6.09 Å². The van der Waals surface area contributed by atoms with Gasteiger partial charge in [-0.1, -0.05) is 36.8 Å². The Balaban J connectivity index is 1.73. The van der Waals surface area contributed by atoms with Crippen molar-refractivity contribution in [3.05, 3.63) is 35.9 Å². The summed E-state index contributed by atoms with van der Waals surface area (Å²) in [5.74, 6) is 0. The van der Waals surface area contributed by atoms with Crippen LogP contribution < -0.4 is 0 Å². The molecule has 1 spiro atoms. The first-order valence-corrected chi connectivity index (χ1v) is 10.6. The van der Waals surface area contributed by atoms with Crippen LogP contribution in [0.5, 0.6) is 0 Å². The minimum Gasteiger partial charge on any atom is -0.446 e. The summed E-state index contributed by atoms with van der Waals surface area (Å²) in [7, 11) is 1.70. The molecule has 5 nitrogen and oxygen atoms in total. The Morgan fingerprint density at radius 1 is 1.18 bits per heavy atom. The molecule has 1 aliphatic carbocycles. The van der Waals surface area contributed by atoms with Gasteiger partial charge in [0.2, 0.25) is 0 Å². The predicted octanol–water partition coefficient (Wildman–Crippen LogP) is 4.93. The molecule has 0 radical (unpaired) electrons. The number of methoxy groups -OCH3 is 1. The van der Waals surface area contributed by atoms with Crippen LogP contribution in [-0.4, -0.2) is 48.7 Å². The van der Waals surface area contributed by atoms with E-state index >= 15 is 0 Å². The highest BCUT2D eigenvalue weighted by Crippen LogP contribution is 2.44. The molecule has 1 aromatic carbocycles. The molecule has 1 saturated heterocycles. The zero-order valence-electron chi connectivity index (χ0n) is 17.6. The van der Waals surface area contributed by atoms with Crippen molar-refractivity contribution in [2.45, 2.75) is 82.6 Å². The number of hydrogen-bond acceptors (Lipinski definition) is 4. The Labute approximate surface area is 169 Å². The zero-order chi connectivity index (χ0) is 20.0. The van der Waals surface area contributed by atoms with Crippen LogP contribution in [-0.2, 0) is 20.6 Å². The molecule has 2 fully saturated rings. The number of nitrogens with zero attached hydrogens (tertiary/aromatic N) is 1. The number of carbonyl (C=O) groups is 1. The van der Waals surface area contributed by atoms with E-state index in [1.807, 2.05) is 23.1 Å². The Morgan fingerprint density at radius 3 is 2.57 bits per heavy atom. The maximum Gasteiger partial charge on any atom is 0.412 e. The van der Waals surface area contributed by atoms with Crippen molar-refractivity contribution in [1.82, 2.24) is 4.90 Å². The van der Waals surface area contributed by atoms with E-state index in [2.05, 4.69) is 26.0 Å². The van der Waals surface area contributed by atoms with E-state index in [0.717, 1.165) is 44.9 Å². The summed E-state index contributed by atoms with van der Waals surface area (Å²) >= 11 is 0. The maximum atomic E-state index is 13.4. The maximum absolute atomic E-state index is 13.4. The van der Waals surface area contributed by atoms with E-state index in [-0.39, 0.29) is 17.7 Å². The predicted molar refractivity (Wildman–Crippen MR) is 109 cm³/mol. The average Bonchev–Trinajstić information content (AvgIpc) is 2.93.